The van der Waals surface area contributed by atoms with Gasteiger partial charge >= 0.3 is 0 Å². The van der Waals surface area contributed by atoms with Gasteiger partial charge < -0.3 is 10.6 Å². The molecule has 1 aliphatic rings. The number of aromatic nitrogens is 2. The van der Waals surface area contributed by atoms with E-state index < -0.39 is 9.84 Å². The lowest BCUT2D eigenvalue weighted by Gasteiger charge is -2.14. The number of hydrogen-bond donors (Lipinski definition) is 2. The highest BCUT2D eigenvalue weighted by atomic mass is 32.2. The summed E-state index contributed by atoms with van der Waals surface area (Å²) in [5.74, 6) is -0.0107. The maximum atomic E-state index is 12.3. The van der Waals surface area contributed by atoms with Gasteiger partial charge in [0.1, 0.15) is 0 Å². The molecule has 27 heavy (non-hydrogen) atoms. The van der Waals surface area contributed by atoms with Crippen molar-refractivity contribution in [1.82, 2.24) is 15.5 Å². The number of thioether (sulfide) groups is 1. The molecule has 146 valence electrons. The smallest absolute Gasteiger partial charge is 0.233 e. The Hall–Kier alpha value is -1.65. The van der Waals surface area contributed by atoms with Crippen molar-refractivity contribution in [3.05, 3.63) is 29.3 Å². The topological polar surface area (TPSA) is 101 Å². The maximum absolute atomic E-state index is 12.3. The number of carbonyl (C=O) groups is 1. The van der Waals surface area contributed by atoms with Crippen molar-refractivity contribution < 1.29 is 13.2 Å². The number of carbonyl (C=O) groups excluding carboxylic acids is 1. The molecule has 1 saturated heterocycles. The minimum Gasteiger partial charge on any atom is -0.351 e. The minimum atomic E-state index is -3.01. The van der Waals surface area contributed by atoms with Crippen LogP contribution >= 0.6 is 23.1 Å². The number of anilines is 2. The van der Waals surface area contributed by atoms with Crippen molar-refractivity contribution in [3.8, 4) is 0 Å². The number of rotatable bonds is 6. The summed E-state index contributed by atoms with van der Waals surface area (Å²) in [6, 6.07) is 5.80. The second-order valence-electron chi connectivity index (χ2n) is 6.67. The quantitative estimate of drug-likeness (QED) is 0.685. The van der Waals surface area contributed by atoms with Gasteiger partial charge in [0.25, 0.3) is 0 Å². The van der Waals surface area contributed by atoms with Crippen molar-refractivity contribution >= 4 is 49.7 Å². The van der Waals surface area contributed by atoms with Gasteiger partial charge in [-0.1, -0.05) is 29.2 Å². The molecule has 2 unspecified atom stereocenters. The first kappa shape index (κ1) is 20.1. The number of nitrogens with zero attached hydrogens (tertiary/aromatic N) is 2. The molecule has 1 aromatic heterocycles. The summed E-state index contributed by atoms with van der Waals surface area (Å²) in [5.41, 5.74) is 3.36. The summed E-state index contributed by atoms with van der Waals surface area (Å²) in [6.45, 7) is 5.89. The lowest BCUT2D eigenvalue weighted by atomic mass is 10.1. The van der Waals surface area contributed by atoms with Crippen LogP contribution in [0.25, 0.3) is 0 Å². The van der Waals surface area contributed by atoms with Crippen LogP contribution in [0.15, 0.2) is 22.5 Å². The third kappa shape index (κ3) is 5.43. The Morgan fingerprint density at radius 1 is 1.30 bits per heavy atom. The summed E-state index contributed by atoms with van der Waals surface area (Å²) < 4.78 is 23.7. The monoisotopic (exact) mass is 426 g/mol. The predicted octanol–water partition coefficient (Wildman–Crippen LogP) is 2.68. The molecule has 3 rings (SSSR count). The van der Waals surface area contributed by atoms with Gasteiger partial charge in [0.15, 0.2) is 14.2 Å². The van der Waals surface area contributed by atoms with E-state index in [0.29, 0.717) is 15.9 Å². The fourth-order valence-corrected chi connectivity index (χ4v) is 6.28. The zero-order valence-electron chi connectivity index (χ0n) is 15.4. The maximum Gasteiger partial charge on any atom is 0.233 e. The third-order valence-electron chi connectivity index (χ3n) is 4.39. The highest BCUT2D eigenvalue weighted by Crippen LogP contribution is 2.31. The van der Waals surface area contributed by atoms with Gasteiger partial charge in [-0.05, 0) is 50.5 Å². The second kappa shape index (κ2) is 8.15. The van der Waals surface area contributed by atoms with E-state index in [9.17, 15) is 13.2 Å². The Bertz CT molecular complexity index is 943. The predicted molar refractivity (Wildman–Crippen MR) is 110 cm³/mol. The fourth-order valence-electron chi connectivity index (χ4n) is 2.68. The van der Waals surface area contributed by atoms with E-state index in [1.807, 2.05) is 12.1 Å². The van der Waals surface area contributed by atoms with Gasteiger partial charge in [-0.3, -0.25) is 4.79 Å². The van der Waals surface area contributed by atoms with Crippen molar-refractivity contribution in [3.63, 3.8) is 0 Å². The van der Waals surface area contributed by atoms with Gasteiger partial charge in [0, 0.05) is 11.7 Å². The molecule has 2 aromatic rings. The first-order valence-electron chi connectivity index (χ1n) is 8.57. The molecule has 7 nitrogen and oxygen atoms in total. The number of amides is 1. The van der Waals surface area contributed by atoms with Crippen LogP contribution in [-0.4, -0.2) is 47.3 Å². The molecule has 0 saturated carbocycles. The van der Waals surface area contributed by atoms with Crippen LogP contribution in [0.1, 0.15) is 24.5 Å². The van der Waals surface area contributed by atoms with Crippen molar-refractivity contribution in [2.75, 3.05) is 16.8 Å². The molecule has 2 atom stereocenters. The zero-order chi connectivity index (χ0) is 19.6. The molecule has 1 amide bonds. The molecular weight excluding hydrogens is 404 g/mol. The van der Waals surface area contributed by atoms with Crippen LogP contribution in [0.5, 0.6) is 0 Å². The first-order valence-corrected chi connectivity index (χ1v) is 12.1. The number of benzene rings is 1. The molecule has 0 aliphatic carbocycles. The van der Waals surface area contributed by atoms with Crippen molar-refractivity contribution in [2.45, 2.75) is 42.8 Å². The standard InChI is InChI=1S/C17H22N4O3S3/c1-10-4-5-13(8-11(10)2)19-16-20-21-17(26-16)25-12(3)15(22)18-14-6-7-27(23,24)9-14/h4-5,8,12,14H,6-7,9H2,1-3H3,(H,18,22)(H,19,20). The highest BCUT2D eigenvalue weighted by molar-refractivity contribution is 8.02. The number of aryl methyl sites for hydroxylation is 2. The van der Waals surface area contributed by atoms with Crippen molar-refractivity contribution in [2.24, 2.45) is 0 Å². The molecule has 2 N–H and O–H groups in total. The number of sulfone groups is 1. The van der Waals surface area contributed by atoms with Crippen LogP contribution in [0.2, 0.25) is 0 Å². The van der Waals surface area contributed by atoms with E-state index in [0.717, 1.165) is 5.69 Å². The highest BCUT2D eigenvalue weighted by Gasteiger charge is 2.30. The molecular formula is C17H22N4O3S3. The molecule has 0 bridgehead atoms. The lowest BCUT2D eigenvalue weighted by Crippen LogP contribution is -2.39. The summed E-state index contributed by atoms with van der Waals surface area (Å²) in [5, 5.41) is 14.6. The molecule has 0 spiro atoms. The Balaban J connectivity index is 1.55. The SMILES string of the molecule is Cc1ccc(Nc2nnc(SC(C)C(=O)NC3CCS(=O)(=O)C3)s2)cc1C. The summed E-state index contributed by atoms with van der Waals surface area (Å²) >= 11 is 2.70. The Labute approximate surface area is 167 Å². The van der Waals surface area contributed by atoms with E-state index in [1.165, 1.54) is 34.2 Å². The average molecular weight is 427 g/mol. The van der Waals surface area contributed by atoms with Gasteiger partial charge in [-0.25, -0.2) is 8.42 Å². The van der Waals surface area contributed by atoms with E-state index in [-0.39, 0.29) is 28.7 Å². The Morgan fingerprint density at radius 2 is 2.07 bits per heavy atom. The minimum absolute atomic E-state index is 0.0268. The van der Waals surface area contributed by atoms with E-state index >= 15 is 0 Å². The summed E-state index contributed by atoms with van der Waals surface area (Å²) in [7, 11) is -3.01. The molecule has 0 radical (unpaired) electrons. The van der Waals surface area contributed by atoms with Crippen molar-refractivity contribution in [1.29, 1.82) is 0 Å². The Kier molecular flexibility index (Phi) is 6.07. The molecule has 1 fully saturated rings. The molecule has 2 heterocycles. The third-order valence-corrected chi connectivity index (χ3v) is 8.18. The van der Waals surface area contributed by atoms with E-state index in [2.05, 4.69) is 40.7 Å². The fraction of sp³-hybridized carbons (Fsp3) is 0.471. The zero-order valence-corrected chi connectivity index (χ0v) is 17.8. The summed E-state index contributed by atoms with van der Waals surface area (Å²) in [6.07, 6.45) is 0.480. The van der Waals surface area contributed by atoms with Crippen LogP contribution in [-0.2, 0) is 14.6 Å². The normalized spacial score (nSPS) is 19.6. The molecule has 10 heteroatoms. The lowest BCUT2D eigenvalue weighted by molar-refractivity contribution is -0.120. The van der Waals surface area contributed by atoms with E-state index in [1.54, 1.807) is 6.92 Å². The van der Waals surface area contributed by atoms with Crippen LogP contribution in [0.3, 0.4) is 0 Å². The van der Waals surface area contributed by atoms with Gasteiger partial charge in [-0.2, -0.15) is 0 Å². The largest absolute Gasteiger partial charge is 0.351 e. The average Bonchev–Trinajstić information content (AvgIpc) is 3.16. The number of hydrogen-bond acceptors (Lipinski definition) is 8. The molecule has 1 aliphatic heterocycles. The van der Waals surface area contributed by atoms with Crippen LogP contribution in [0, 0.1) is 13.8 Å². The van der Waals surface area contributed by atoms with E-state index in [4.69, 9.17) is 0 Å². The van der Waals surface area contributed by atoms with Gasteiger partial charge in [-0.15, -0.1) is 10.2 Å². The number of nitrogens with one attached hydrogen (secondary N) is 2. The van der Waals surface area contributed by atoms with Gasteiger partial charge in [0.2, 0.25) is 11.0 Å². The Morgan fingerprint density at radius 3 is 2.74 bits per heavy atom. The molecule has 1 aromatic carbocycles. The van der Waals surface area contributed by atoms with Crippen LogP contribution in [0.4, 0.5) is 10.8 Å². The second-order valence-corrected chi connectivity index (χ2v) is 11.5. The summed E-state index contributed by atoms with van der Waals surface area (Å²) in [4.78, 5) is 12.3. The van der Waals surface area contributed by atoms with Crippen LogP contribution < -0.4 is 10.6 Å². The van der Waals surface area contributed by atoms with Gasteiger partial charge in [0.05, 0.1) is 16.8 Å². The first-order chi connectivity index (χ1) is 12.7.